The average molecular weight is 709 g/mol. The third kappa shape index (κ3) is 10.5. The molecule has 0 amide bonds. The fourth-order valence-electron chi connectivity index (χ4n) is 4.91. The fourth-order valence-corrected chi connectivity index (χ4v) is 10.8. The van der Waals surface area contributed by atoms with Crippen LogP contribution in [0.1, 0.15) is 59.9 Å². The van der Waals surface area contributed by atoms with Crippen molar-refractivity contribution in [1.29, 1.82) is 0 Å². The lowest BCUT2D eigenvalue weighted by atomic mass is 10.0. The van der Waals surface area contributed by atoms with Gasteiger partial charge in [-0.15, -0.1) is 23.1 Å². The fraction of sp³-hybridized carbons (Fsp3) is 0.657. The Bertz CT molecular complexity index is 1310. The van der Waals surface area contributed by atoms with Gasteiger partial charge >= 0.3 is 5.97 Å². The van der Waals surface area contributed by atoms with Crippen LogP contribution in [0.2, 0.25) is 36.3 Å². The number of thiophene rings is 1. The SMILES string of the molecule is COC(=O)CSCCCS[C@H]1C(=O)C[C@@H](O[Si](C)(C)C(C)(C)C)[C@@H]1/C=C/C(Cc1csc2ccccc12)O[Si](C)(C)C(C)(C)C. The zero-order valence-electron chi connectivity index (χ0n) is 29.4. The van der Waals surface area contributed by atoms with Crippen molar-refractivity contribution >= 4 is 73.3 Å². The van der Waals surface area contributed by atoms with E-state index in [-0.39, 0.29) is 45.2 Å². The monoisotopic (exact) mass is 708 g/mol. The second kappa shape index (κ2) is 16.0. The maximum Gasteiger partial charge on any atom is 0.315 e. The predicted molar refractivity (Wildman–Crippen MR) is 202 cm³/mol. The Balaban J connectivity index is 1.88. The molecule has 3 rings (SSSR count). The van der Waals surface area contributed by atoms with E-state index in [9.17, 15) is 9.59 Å². The van der Waals surface area contributed by atoms with Gasteiger partial charge < -0.3 is 13.6 Å². The second-order valence-corrected chi connectivity index (χ2v) is 28.0. The van der Waals surface area contributed by atoms with Gasteiger partial charge in [-0.1, -0.05) is 71.9 Å². The Morgan fingerprint density at radius 3 is 2.36 bits per heavy atom. The van der Waals surface area contributed by atoms with E-state index in [1.807, 2.05) is 0 Å². The molecule has 252 valence electrons. The topological polar surface area (TPSA) is 61.8 Å². The molecule has 0 radical (unpaired) electrons. The number of esters is 1. The summed E-state index contributed by atoms with van der Waals surface area (Å²) in [5.41, 5.74) is 1.32. The highest BCUT2D eigenvalue weighted by Crippen LogP contribution is 2.44. The van der Waals surface area contributed by atoms with Crippen molar-refractivity contribution in [3.05, 3.63) is 47.4 Å². The van der Waals surface area contributed by atoms with Crippen LogP contribution in [0.5, 0.6) is 0 Å². The zero-order valence-corrected chi connectivity index (χ0v) is 33.8. The first-order valence-corrected chi connectivity index (χ1v) is 25.0. The number of ketones is 1. The van der Waals surface area contributed by atoms with Gasteiger partial charge in [0.05, 0.1) is 30.3 Å². The van der Waals surface area contributed by atoms with Crippen LogP contribution in [0.4, 0.5) is 0 Å². The lowest BCUT2D eigenvalue weighted by Gasteiger charge is -2.40. The minimum atomic E-state index is -2.10. The van der Waals surface area contributed by atoms with Crippen LogP contribution < -0.4 is 0 Å². The highest BCUT2D eigenvalue weighted by atomic mass is 32.2. The van der Waals surface area contributed by atoms with Gasteiger partial charge in [-0.2, -0.15) is 11.8 Å². The summed E-state index contributed by atoms with van der Waals surface area (Å²) in [5.74, 6) is 2.18. The first-order valence-electron chi connectivity index (χ1n) is 16.1. The van der Waals surface area contributed by atoms with Gasteiger partial charge in [0.2, 0.25) is 0 Å². The summed E-state index contributed by atoms with van der Waals surface area (Å²) in [7, 11) is -2.76. The molecular weight excluding hydrogens is 653 g/mol. The van der Waals surface area contributed by atoms with Gasteiger partial charge in [0.1, 0.15) is 5.78 Å². The molecule has 4 atom stereocenters. The van der Waals surface area contributed by atoms with Crippen LogP contribution in [0.3, 0.4) is 0 Å². The molecule has 0 spiro atoms. The molecule has 1 aliphatic rings. The summed E-state index contributed by atoms with van der Waals surface area (Å²) >= 11 is 5.13. The molecule has 10 heteroatoms. The Morgan fingerprint density at radius 2 is 1.71 bits per heavy atom. The molecule has 5 nitrogen and oxygen atoms in total. The molecule has 1 saturated carbocycles. The van der Waals surface area contributed by atoms with E-state index in [1.54, 1.807) is 34.9 Å². The van der Waals surface area contributed by atoms with Crippen LogP contribution in [0, 0.1) is 5.92 Å². The molecule has 1 fully saturated rings. The van der Waals surface area contributed by atoms with Gasteiger partial charge in [0.15, 0.2) is 16.6 Å². The molecule has 0 N–H and O–H groups in total. The quantitative estimate of drug-likeness (QED) is 0.0790. The Hall–Kier alpha value is -0.886. The third-order valence-electron chi connectivity index (χ3n) is 9.71. The number of thioether (sulfide) groups is 2. The van der Waals surface area contributed by atoms with Crippen LogP contribution >= 0.6 is 34.9 Å². The predicted octanol–water partition coefficient (Wildman–Crippen LogP) is 9.77. The normalized spacial score (nSPS) is 20.8. The van der Waals surface area contributed by atoms with Crippen molar-refractivity contribution in [2.45, 2.75) is 115 Å². The van der Waals surface area contributed by atoms with E-state index in [0.29, 0.717) is 12.2 Å². The highest BCUT2D eigenvalue weighted by molar-refractivity contribution is 8.01. The number of hydrogen-bond acceptors (Lipinski definition) is 8. The summed E-state index contributed by atoms with van der Waals surface area (Å²) in [6.45, 7) is 22.8. The third-order valence-corrected chi connectivity index (χ3v) is 22.2. The smallest absolute Gasteiger partial charge is 0.315 e. The van der Waals surface area contributed by atoms with Crippen LogP contribution in [-0.2, 0) is 29.6 Å². The number of hydrogen-bond donors (Lipinski definition) is 0. The van der Waals surface area contributed by atoms with Crippen LogP contribution in [-0.4, -0.2) is 70.2 Å². The number of carbonyl (C=O) groups excluding carboxylic acids is 2. The van der Waals surface area contributed by atoms with E-state index in [2.05, 4.69) is 110 Å². The summed E-state index contributed by atoms with van der Waals surface area (Å²) in [6.07, 6.45) is 6.51. The molecule has 1 unspecified atom stereocenters. The van der Waals surface area contributed by atoms with Crippen molar-refractivity contribution in [2.75, 3.05) is 24.4 Å². The lowest BCUT2D eigenvalue weighted by Crippen LogP contribution is -2.45. The van der Waals surface area contributed by atoms with Gasteiger partial charge in [-0.05, 0) is 76.6 Å². The summed E-state index contributed by atoms with van der Waals surface area (Å²) in [5, 5.41) is 3.57. The average Bonchev–Trinajstić information content (AvgIpc) is 3.46. The van der Waals surface area contributed by atoms with Crippen molar-refractivity contribution in [2.24, 2.45) is 5.92 Å². The van der Waals surface area contributed by atoms with Crippen LogP contribution in [0.15, 0.2) is 41.8 Å². The maximum absolute atomic E-state index is 13.6. The second-order valence-electron chi connectivity index (χ2n) is 15.2. The molecule has 45 heavy (non-hydrogen) atoms. The van der Waals surface area contributed by atoms with Crippen molar-refractivity contribution in [1.82, 2.24) is 0 Å². The molecule has 2 aromatic rings. The Labute approximate surface area is 287 Å². The number of ether oxygens (including phenoxy) is 1. The molecule has 1 aromatic carbocycles. The van der Waals surface area contributed by atoms with Gasteiger partial charge in [-0.25, -0.2) is 0 Å². The largest absolute Gasteiger partial charge is 0.468 e. The molecule has 1 aromatic heterocycles. The van der Waals surface area contributed by atoms with E-state index in [4.69, 9.17) is 13.6 Å². The number of carbonyl (C=O) groups is 2. The molecule has 1 heterocycles. The highest BCUT2D eigenvalue weighted by Gasteiger charge is 2.47. The number of fused-ring (bicyclic) bond motifs is 1. The van der Waals surface area contributed by atoms with Gasteiger partial charge in [-0.3, -0.25) is 9.59 Å². The number of methoxy groups -OCH3 is 1. The van der Waals surface area contributed by atoms with Crippen molar-refractivity contribution in [3.8, 4) is 0 Å². The minimum absolute atomic E-state index is 0.0101. The number of Topliss-reactive ketones (excluding diaryl/α,β-unsaturated/α-hetero) is 1. The molecule has 0 saturated heterocycles. The van der Waals surface area contributed by atoms with Crippen molar-refractivity contribution < 1.29 is 23.2 Å². The summed E-state index contributed by atoms with van der Waals surface area (Å²) in [6, 6.07) is 8.61. The Kier molecular flexibility index (Phi) is 13.7. The summed E-state index contributed by atoms with van der Waals surface area (Å²) in [4.78, 5) is 25.1. The number of benzene rings is 1. The van der Waals surface area contributed by atoms with Crippen LogP contribution in [0.25, 0.3) is 10.1 Å². The van der Waals surface area contributed by atoms with E-state index >= 15 is 0 Å². The molecule has 1 aliphatic carbocycles. The zero-order chi connectivity index (χ0) is 33.6. The maximum atomic E-state index is 13.6. The summed E-state index contributed by atoms with van der Waals surface area (Å²) < 4.78 is 20.1. The number of rotatable bonds is 15. The Morgan fingerprint density at radius 1 is 1.04 bits per heavy atom. The van der Waals surface area contributed by atoms with Gasteiger partial charge in [0.25, 0.3) is 0 Å². The first kappa shape index (κ1) is 38.6. The lowest BCUT2D eigenvalue weighted by molar-refractivity contribution is -0.137. The standard InChI is InChI=1S/C35H56O5S3Si2/c1-34(2,3)44(8,9)39-26(21-25-23-43-31-16-13-12-15-27(25)31)17-18-28-30(40-45(10,11)35(4,5)6)22-29(36)33(28)42-20-14-19-41-24-32(37)38-7/h12-13,15-18,23,26,28,30,33H,14,19-22,24H2,1-11H3/b18-17+/t26?,28-,30+,33+/m0/s1. The molecule has 0 bridgehead atoms. The first-order chi connectivity index (χ1) is 20.9. The van der Waals surface area contributed by atoms with E-state index in [0.717, 1.165) is 24.3 Å². The molecular formula is C35H56O5S3Si2. The van der Waals surface area contributed by atoms with Crippen molar-refractivity contribution in [3.63, 3.8) is 0 Å². The minimum Gasteiger partial charge on any atom is -0.468 e. The molecule has 0 aliphatic heterocycles. The van der Waals surface area contributed by atoms with Gasteiger partial charge in [0, 0.05) is 23.5 Å². The van der Waals surface area contributed by atoms with E-state index in [1.165, 1.54) is 22.8 Å². The van der Waals surface area contributed by atoms with E-state index < -0.39 is 16.6 Å².